The Morgan fingerprint density at radius 1 is 0.933 bits per heavy atom. The Balaban J connectivity index is 1.43. The normalized spacial score (nSPS) is 13.1. The van der Waals surface area contributed by atoms with E-state index in [-0.39, 0.29) is 10.8 Å². The number of rotatable bonds is 7. The highest BCUT2D eigenvalue weighted by atomic mass is 32.2. The number of hydrogen-bond acceptors (Lipinski definition) is 3. The summed E-state index contributed by atoms with van der Waals surface area (Å²) in [6.07, 6.45) is 2.39. The lowest BCUT2D eigenvalue weighted by atomic mass is 10.1. The van der Waals surface area contributed by atoms with Gasteiger partial charge in [-0.1, -0.05) is 54.6 Å². The number of benzene rings is 3. The summed E-state index contributed by atoms with van der Waals surface area (Å²) in [7, 11) is -3.72. The molecule has 4 rings (SSSR count). The van der Waals surface area contributed by atoms with Gasteiger partial charge in [-0.2, -0.15) is 0 Å². The van der Waals surface area contributed by atoms with Crippen LogP contribution in [0.4, 0.5) is 5.69 Å². The molecule has 0 unspecified atom stereocenters. The molecule has 3 aromatic rings. The predicted molar refractivity (Wildman–Crippen MR) is 118 cm³/mol. The first kappa shape index (κ1) is 20.2. The number of carbonyl (C=O) groups is 1. The molecule has 154 valence electrons. The van der Waals surface area contributed by atoms with Crippen LogP contribution in [0.25, 0.3) is 0 Å². The summed E-state index contributed by atoms with van der Waals surface area (Å²) in [5.74, 6) is -0.262. The molecular weight excluding hydrogens is 396 g/mol. The second kappa shape index (κ2) is 8.71. The largest absolute Gasteiger partial charge is 0.352 e. The topological polar surface area (TPSA) is 66.5 Å². The number of para-hydroxylation sites is 1. The van der Waals surface area contributed by atoms with Crippen LogP contribution in [-0.4, -0.2) is 27.4 Å². The van der Waals surface area contributed by atoms with Crippen LogP contribution in [0.3, 0.4) is 0 Å². The quantitative estimate of drug-likeness (QED) is 0.591. The number of nitrogens with one attached hydrogen (secondary N) is 1. The zero-order valence-corrected chi connectivity index (χ0v) is 17.4. The highest BCUT2D eigenvalue weighted by Gasteiger charge is 2.30. The van der Waals surface area contributed by atoms with E-state index in [0.717, 1.165) is 18.4 Å². The van der Waals surface area contributed by atoms with Gasteiger partial charge in [0.05, 0.1) is 10.6 Å². The molecule has 1 aliphatic rings. The molecule has 1 aliphatic heterocycles. The van der Waals surface area contributed by atoms with Crippen molar-refractivity contribution in [1.82, 2.24) is 5.32 Å². The van der Waals surface area contributed by atoms with Crippen molar-refractivity contribution in [2.45, 2.75) is 24.2 Å². The Bertz CT molecular complexity index is 1140. The van der Waals surface area contributed by atoms with Crippen molar-refractivity contribution in [2.75, 3.05) is 17.4 Å². The van der Waals surface area contributed by atoms with Gasteiger partial charge in [0.2, 0.25) is 0 Å². The fraction of sp³-hybridized carbons (Fsp3) is 0.208. The minimum absolute atomic E-state index is 0.135. The maximum absolute atomic E-state index is 13.2. The summed E-state index contributed by atoms with van der Waals surface area (Å²) in [6.45, 7) is 0.946. The third kappa shape index (κ3) is 4.24. The first-order valence-corrected chi connectivity index (χ1v) is 11.5. The van der Waals surface area contributed by atoms with Crippen LogP contribution in [0, 0.1) is 0 Å². The molecule has 0 bridgehead atoms. The van der Waals surface area contributed by atoms with Crippen LogP contribution in [0.15, 0.2) is 83.8 Å². The highest BCUT2D eigenvalue weighted by molar-refractivity contribution is 7.92. The SMILES string of the molecule is O=C(NCCCc1ccccc1)c1cccc(S(=O)(=O)N2CCc3ccccc32)c1. The van der Waals surface area contributed by atoms with Crippen LogP contribution < -0.4 is 9.62 Å². The summed E-state index contributed by atoms with van der Waals surface area (Å²) in [6, 6.07) is 23.9. The number of nitrogens with zero attached hydrogens (tertiary/aromatic N) is 1. The first-order chi connectivity index (χ1) is 14.6. The van der Waals surface area contributed by atoms with Gasteiger partial charge in [-0.3, -0.25) is 9.10 Å². The van der Waals surface area contributed by atoms with Crippen LogP contribution in [0.5, 0.6) is 0 Å². The smallest absolute Gasteiger partial charge is 0.264 e. The molecule has 0 fully saturated rings. The zero-order chi connectivity index (χ0) is 21.0. The maximum Gasteiger partial charge on any atom is 0.264 e. The van der Waals surface area contributed by atoms with E-state index in [0.29, 0.717) is 30.8 Å². The molecule has 1 amide bonds. The van der Waals surface area contributed by atoms with Crippen molar-refractivity contribution in [3.05, 3.63) is 95.6 Å². The standard InChI is InChI=1S/C24H24N2O3S/c27-24(25-16-7-10-19-8-2-1-3-9-19)21-12-6-13-22(18-21)30(28,29)26-17-15-20-11-4-5-14-23(20)26/h1-6,8-9,11-14,18H,7,10,15-17H2,(H,25,27). The second-order valence-corrected chi connectivity index (χ2v) is 9.19. The van der Waals surface area contributed by atoms with Gasteiger partial charge in [0.15, 0.2) is 0 Å². The number of anilines is 1. The van der Waals surface area contributed by atoms with Gasteiger partial charge in [0, 0.05) is 18.7 Å². The van der Waals surface area contributed by atoms with E-state index in [2.05, 4.69) is 17.4 Å². The number of sulfonamides is 1. The zero-order valence-electron chi connectivity index (χ0n) is 16.6. The molecule has 0 saturated heterocycles. The van der Waals surface area contributed by atoms with Crippen LogP contribution in [0.1, 0.15) is 27.9 Å². The van der Waals surface area contributed by atoms with Crippen molar-refractivity contribution in [3.8, 4) is 0 Å². The van der Waals surface area contributed by atoms with Crippen LogP contribution >= 0.6 is 0 Å². The Labute approximate surface area is 177 Å². The number of carbonyl (C=O) groups excluding carboxylic acids is 1. The van der Waals surface area contributed by atoms with E-state index in [4.69, 9.17) is 0 Å². The molecule has 30 heavy (non-hydrogen) atoms. The minimum Gasteiger partial charge on any atom is -0.352 e. The lowest BCUT2D eigenvalue weighted by Gasteiger charge is -2.20. The van der Waals surface area contributed by atoms with E-state index in [1.54, 1.807) is 18.2 Å². The highest BCUT2D eigenvalue weighted by Crippen LogP contribution is 2.32. The molecule has 1 N–H and O–H groups in total. The van der Waals surface area contributed by atoms with E-state index in [9.17, 15) is 13.2 Å². The Kier molecular flexibility index (Phi) is 5.86. The molecule has 6 heteroatoms. The number of aryl methyl sites for hydroxylation is 1. The third-order valence-electron chi connectivity index (χ3n) is 5.30. The minimum atomic E-state index is -3.72. The molecule has 0 atom stereocenters. The molecule has 0 saturated carbocycles. The first-order valence-electron chi connectivity index (χ1n) is 10.1. The molecule has 0 spiro atoms. The molecule has 0 radical (unpaired) electrons. The maximum atomic E-state index is 13.2. The van der Waals surface area contributed by atoms with Gasteiger partial charge < -0.3 is 5.32 Å². The average molecular weight is 421 g/mol. The van der Waals surface area contributed by atoms with Gasteiger partial charge in [-0.15, -0.1) is 0 Å². The molecule has 3 aromatic carbocycles. The second-order valence-electron chi connectivity index (χ2n) is 7.33. The molecular formula is C24H24N2O3S. The Morgan fingerprint density at radius 3 is 2.53 bits per heavy atom. The number of hydrogen-bond donors (Lipinski definition) is 1. The van der Waals surface area contributed by atoms with Crippen LogP contribution in [0.2, 0.25) is 0 Å². The van der Waals surface area contributed by atoms with E-state index < -0.39 is 10.0 Å². The number of amides is 1. The van der Waals surface area contributed by atoms with Crippen molar-refractivity contribution >= 4 is 21.6 Å². The Hall–Kier alpha value is -3.12. The fourth-order valence-electron chi connectivity index (χ4n) is 3.72. The van der Waals surface area contributed by atoms with Gasteiger partial charge >= 0.3 is 0 Å². The average Bonchev–Trinajstić information content (AvgIpc) is 3.22. The number of fused-ring (bicyclic) bond motifs is 1. The lowest BCUT2D eigenvalue weighted by molar-refractivity contribution is 0.0953. The summed E-state index contributed by atoms with van der Waals surface area (Å²) in [5.41, 5.74) is 3.32. The van der Waals surface area contributed by atoms with E-state index >= 15 is 0 Å². The van der Waals surface area contributed by atoms with Crippen LogP contribution in [-0.2, 0) is 22.9 Å². The Morgan fingerprint density at radius 2 is 1.70 bits per heavy atom. The summed E-state index contributed by atoms with van der Waals surface area (Å²) >= 11 is 0. The van der Waals surface area contributed by atoms with Crippen molar-refractivity contribution in [3.63, 3.8) is 0 Å². The molecule has 0 aromatic heterocycles. The van der Waals surface area contributed by atoms with Gasteiger partial charge in [0.1, 0.15) is 0 Å². The van der Waals surface area contributed by atoms with Gasteiger partial charge in [0.25, 0.3) is 15.9 Å². The van der Waals surface area contributed by atoms with Crippen molar-refractivity contribution < 1.29 is 13.2 Å². The van der Waals surface area contributed by atoms with Crippen molar-refractivity contribution in [1.29, 1.82) is 0 Å². The predicted octanol–water partition coefficient (Wildman–Crippen LogP) is 3.80. The molecule has 1 heterocycles. The monoisotopic (exact) mass is 420 g/mol. The molecule has 5 nitrogen and oxygen atoms in total. The summed E-state index contributed by atoms with van der Waals surface area (Å²) in [4.78, 5) is 12.7. The fourth-order valence-corrected chi connectivity index (χ4v) is 5.27. The van der Waals surface area contributed by atoms with E-state index in [1.165, 1.54) is 15.9 Å². The van der Waals surface area contributed by atoms with Crippen molar-refractivity contribution in [2.24, 2.45) is 0 Å². The summed E-state index contributed by atoms with van der Waals surface area (Å²) < 4.78 is 27.8. The third-order valence-corrected chi connectivity index (χ3v) is 7.11. The van der Waals surface area contributed by atoms with Gasteiger partial charge in [-0.25, -0.2) is 8.42 Å². The van der Waals surface area contributed by atoms with E-state index in [1.807, 2.05) is 42.5 Å². The summed E-state index contributed by atoms with van der Waals surface area (Å²) in [5, 5.41) is 2.89. The van der Waals surface area contributed by atoms with Gasteiger partial charge in [-0.05, 0) is 54.7 Å². The lowest BCUT2D eigenvalue weighted by Crippen LogP contribution is -2.30. The molecule has 0 aliphatic carbocycles.